The Morgan fingerprint density at radius 1 is 0.352 bits per heavy atom. The number of aromatic nitrogens is 3. The molecule has 0 radical (unpaired) electrons. The molecule has 0 atom stereocenters. The van der Waals surface area contributed by atoms with E-state index >= 15 is 0 Å². The van der Waals surface area contributed by atoms with Crippen LogP contribution in [0.25, 0.3) is 78.0 Å². The van der Waals surface area contributed by atoms with Crippen molar-refractivity contribution in [3.8, 4) is 45.3 Å². The summed E-state index contributed by atoms with van der Waals surface area (Å²) < 4.78 is 6.81. The number of hydrogen-bond acceptors (Lipinski definition) is 5. The van der Waals surface area contributed by atoms with Crippen LogP contribution in [0.4, 0.5) is 17.1 Å². The minimum Gasteiger partial charge on any atom is -0.455 e. The third-order valence-corrected chi connectivity index (χ3v) is 9.93. The van der Waals surface area contributed by atoms with Crippen LogP contribution < -0.4 is 4.90 Å². The Morgan fingerprint density at radius 2 is 0.815 bits per heavy atom. The van der Waals surface area contributed by atoms with Gasteiger partial charge in [-0.1, -0.05) is 146 Å². The molecule has 5 heteroatoms. The summed E-state index contributed by atoms with van der Waals surface area (Å²) in [7, 11) is 0. The van der Waals surface area contributed by atoms with Gasteiger partial charge in [0.25, 0.3) is 0 Å². The predicted octanol–water partition coefficient (Wildman–Crippen LogP) is 13.1. The third kappa shape index (κ3) is 5.47. The summed E-state index contributed by atoms with van der Waals surface area (Å²) in [5.74, 6) is 1.83. The maximum Gasteiger partial charge on any atom is 0.164 e. The van der Waals surface area contributed by atoms with Crippen LogP contribution in [0.5, 0.6) is 0 Å². The van der Waals surface area contributed by atoms with Gasteiger partial charge >= 0.3 is 0 Å². The largest absolute Gasteiger partial charge is 0.455 e. The first kappa shape index (κ1) is 31.4. The van der Waals surface area contributed by atoms with Crippen molar-refractivity contribution in [2.24, 2.45) is 0 Å². The number of fused-ring (bicyclic) bond motifs is 4. The molecule has 0 amide bonds. The number of furan rings is 1. The Morgan fingerprint density at radius 3 is 1.43 bits per heavy atom. The molecule has 0 N–H and O–H groups in total. The van der Waals surface area contributed by atoms with Crippen molar-refractivity contribution in [1.29, 1.82) is 0 Å². The van der Waals surface area contributed by atoms with Crippen LogP contribution in [0.15, 0.2) is 199 Å². The van der Waals surface area contributed by atoms with Crippen LogP contribution in [0.1, 0.15) is 0 Å². The van der Waals surface area contributed by atoms with Crippen molar-refractivity contribution < 1.29 is 4.42 Å². The number of nitrogens with zero attached hydrogens (tertiary/aromatic N) is 4. The minimum absolute atomic E-state index is 0.590. The van der Waals surface area contributed by atoms with E-state index < -0.39 is 0 Å². The number of benzene rings is 8. The lowest BCUT2D eigenvalue weighted by Crippen LogP contribution is -2.10. The average molecular weight is 693 g/mol. The van der Waals surface area contributed by atoms with Gasteiger partial charge in [-0.3, -0.25) is 0 Å². The minimum atomic E-state index is 0.590. The highest BCUT2D eigenvalue weighted by Gasteiger charge is 2.23. The zero-order chi connectivity index (χ0) is 35.8. The van der Waals surface area contributed by atoms with Gasteiger partial charge in [0, 0.05) is 49.8 Å². The summed E-state index contributed by atoms with van der Waals surface area (Å²) in [6, 6.07) is 66.8. The van der Waals surface area contributed by atoms with Gasteiger partial charge in [-0.2, -0.15) is 0 Å². The van der Waals surface area contributed by atoms with E-state index in [0.717, 1.165) is 77.6 Å². The lowest BCUT2D eigenvalue weighted by atomic mass is 9.93. The third-order valence-electron chi connectivity index (χ3n) is 9.93. The normalized spacial score (nSPS) is 11.3. The molecule has 0 aliphatic heterocycles. The quantitative estimate of drug-likeness (QED) is 0.166. The fourth-order valence-electron chi connectivity index (χ4n) is 7.45. The van der Waals surface area contributed by atoms with Gasteiger partial charge < -0.3 is 9.32 Å². The van der Waals surface area contributed by atoms with Gasteiger partial charge in [0.2, 0.25) is 0 Å². The number of anilines is 3. The highest BCUT2D eigenvalue weighted by atomic mass is 16.3. The van der Waals surface area contributed by atoms with Gasteiger partial charge in [0.05, 0.1) is 5.69 Å². The monoisotopic (exact) mass is 692 g/mol. The van der Waals surface area contributed by atoms with Crippen LogP contribution in [-0.4, -0.2) is 15.0 Å². The molecule has 8 aromatic carbocycles. The van der Waals surface area contributed by atoms with E-state index in [1.165, 1.54) is 0 Å². The molecule has 54 heavy (non-hydrogen) atoms. The van der Waals surface area contributed by atoms with E-state index in [4.69, 9.17) is 19.4 Å². The van der Waals surface area contributed by atoms with Crippen molar-refractivity contribution in [2.45, 2.75) is 0 Å². The molecule has 0 fully saturated rings. The topological polar surface area (TPSA) is 55.1 Å². The Balaban J connectivity index is 1.21. The molecule has 0 aliphatic rings. The summed E-state index contributed by atoms with van der Waals surface area (Å²) >= 11 is 0. The SMILES string of the molecule is c1ccc(-c2nc(-c3ccccc3)nc(-c3ccc(-c4ccc(N(c5ccccc5)c5ccccc5)c5ccccc45)c4oc5ccccc5c34)n2)cc1. The van der Waals surface area contributed by atoms with Crippen LogP contribution in [0.3, 0.4) is 0 Å². The molecule has 0 bridgehead atoms. The summed E-state index contributed by atoms with van der Waals surface area (Å²) in [5.41, 5.74) is 9.69. The highest BCUT2D eigenvalue weighted by Crippen LogP contribution is 2.46. The van der Waals surface area contributed by atoms with E-state index in [0.29, 0.717) is 17.5 Å². The number of rotatable bonds is 7. The second kappa shape index (κ2) is 13.3. The molecular weight excluding hydrogens is 661 g/mol. The van der Waals surface area contributed by atoms with E-state index in [1.807, 2.05) is 72.8 Å². The molecule has 2 aromatic heterocycles. The first-order valence-corrected chi connectivity index (χ1v) is 18.0. The van der Waals surface area contributed by atoms with Crippen LogP contribution >= 0.6 is 0 Å². The Labute approximate surface area is 312 Å². The second-order valence-corrected chi connectivity index (χ2v) is 13.2. The van der Waals surface area contributed by atoms with Crippen molar-refractivity contribution in [3.05, 3.63) is 194 Å². The molecule has 0 aliphatic carbocycles. The van der Waals surface area contributed by atoms with E-state index in [1.54, 1.807) is 0 Å². The summed E-state index contributed by atoms with van der Waals surface area (Å²) in [4.78, 5) is 17.5. The molecule has 0 saturated carbocycles. The van der Waals surface area contributed by atoms with Gasteiger partial charge in [-0.05, 0) is 59.5 Å². The summed E-state index contributed by atoms with van der Waals surface area (Å²) in [6.07, 6.45) is 0. The van der Waals surface area contributed by atoms with Crippen molar-refractivity contribution in [1.82, 2.24) is 15.0 Å². The predicted molar refractivity (Wildman–Crippen MR) is 221 cm³/mol. The zero-order valence-electron chi connectivity index (χ0n) is 29.2. The number of hydrogen-bond donors (Lipinski definition) is 0. The van der Waals surface area contributed by atoms with Gasteiger partial charge in [-0.25, -0.2) is 15.0 Å². The van der Waals surface area contributed by atoms with E-state index in [-0.39, 0.29) is 0 Å². The Bertz CT molecular complexity index is 2830. The lowest BCUT2D eigenvalue weighted by Gasteiger charge is -2.27. The maximum atomic E-state index is 6.81. The molecular formula is C49H32N4O. The smallest absolute Gasteiger partial charge is 0.164 e. The molecule has 10 aromatic rings. The van der Waals surface area contributed by atoms with Crippen molar-refractivity contribution >= 4 is 49.8 Å². The average Bonchev–Trinajstić information content (AvgIpc) is 3.65. The summed E-state index contributed by atoms with van der Waals surface area (Å²) in [6.45, 7) is 0. The molecule has 254 valence electrons. The second-order valence-electron chi connectivity index (χ2n) is 13.2. The Kier molecular flexibility index (Phi) is 7.73. The zero-order valence-corrected chi connectivity index (χ0v) is 29.2. The van der Waals surface area contributed by atoms with Gasteiger partial charge in [0.15, 0.2) is 17.5 Å². The summed E-state index contributed by atoms with van der Waals surface area (Å²) in [5, 5.41) is 4.23. The first-order chi connectivity index (χ1) is 26.8. The fraction of sp³-hybridized carbons (Fsp3) is 0. The Hall–Kier alpha value is -7.37. The van der Waals surface area contributed by atoms with E-state index in [9.17, 15) is 0 Å². The molecule has 0 saturated heterocycles. The lowest BCUT2D eigenvalue weighted by molar-refractivity contribution is 0.670. The first-order valence-electron chi connectivity index (χ1n) is 18.0. The van der Waals surface area contributed by atoms with Crippen molar-refractivity contribution in [3.63, 3.8) is 0 Å². The number of para-hydroxylation sites is 3. The van der Waals surface area contributed by atoms with Crippen LogP contribution in [-0.2, 0) is 0 Å². The molecule has 5 nitrogen and oxygen atoms in total. The van der Waals surface area contributed by atoms with E-state index in [2.05, 4.69) is 126 Å². The molecule has 0 unspecified atom stereocenters. The van der Waals surface area contributed by atoms with Crippen molar-refractivity contribution in [2.75, 3.05) is 4.90 Å². The highest BCUT2D eigenvalue weighted by molar-refractivity contribution is 6.18. The standard InChI is InChI=1S/C49H32N4O/c1-5-17-33(18-6-1)47-50-48(34-19-7-2-8-20-34)52-49(51-47)42-30-29-40(46-45(42)41-27-15-16-28-44(41)54-46)38-31-32-43(39-26-14-13-25-37(38)39)53(35-21-9-3-10-22-35)36-23-11-4-12-24-36/h1-32H. The maximum absolute atomic E-state index is 6.81. The van der Waals surface area contributed by atoms with Gasteiger partial charge in [0.1, 0.15) is 11.2 Å². The fourth-order valence-corrected chi connectivity index (χ4v) is 7.45. The van der Waals surface area contributed by atoms with Gasteiger partial charge in [-0.15, -0.1) is 0 Å². The molecule has 0 spiro atoms. The molecule has 2 heterocycles. The van der Waals surface area contributed by atoms with Crippen LogP contribution in [0.2, 0.25) is 0 Å². The van der Waals surface area contributed by atoms with Crippen LogP contribution in [0, 0.1) is 0 Å². The molecule has 10 rings (SSSR count).